The van der Waals surface area contributed by atoms with Crippen LogP contribution in [0.2, 0.25) is 0 Å². The predicted molar refractivity (Wildman–Crippen MR) is 97.4 cm³/mol. The third-order valence-electron chi connectivity index (χ3n) is 4.39. The van der Waals surface area contributed by atoms with Crippen LogP contribution in [-0.4, -0.2) is 29.5 Å². The summed E-state index contributed by atoms with van der Waals surface area (Å²) in [6, 6.07) is 7.71. The number of hydrogen-bond donors (Lipinski definition) is 1. The third kappa shape index (κ3) is 3.45. The zero-order valence-corrected chi connectivity index (χ0v) is 15.4. The maximum atomic E-state index is 12.6. The van der Waals surface area contributed by atoms with Gasteiger partial charge in [0.15, 0.2) is 5.78 Å². The minimum absolute atomic E-state index is 0.115. The van der Waals surface area contributed by atoms with Crippen molar-refractivity contribution in [3.05, 3.63) is 52.9 Å². The fourth-order valence-electron chi connectivity index (χ4n) is 3.22. The Morgan fingerprint density at radius 2 is 1.84 bits per heavy atom. The van der Waals surface area contributed by atoms with E-state index in [-0.39, 0.29) is 17.2 Å². The molecule has 25 heavy (non-hydrogen) atoms. The lowest BCUT2D eigenvalue weighted by Crippen LogP contribution is -2.42. The van der Waals surface area contributed by atoms with Gasteiger partial charge in [0, 0.05) is 12.1 Å². The van der Waals surface area contributed by atoms with E-state index in [9.17, 15) is 14.7 Å². The number of anilines is 1. The molecule has 5 nitrogen and oxygen atoms in total. The van der Waals surface area contributed by atoms with Crippen molar-refractivity contribution in [2.75, 3.05) is 12.0 Å². The lowest BCUT2D eigenvalue weighted by Gasteiger charge is -2.36. The summed E-state index contributed by atoms with van der Waals surface area (Å²) in [6.45, 7) is 7.63. The largest absolute Gasteiger partial charge is 0.505 e. The molecule has 1 N–H and O–H groups in total. The highest BCUT2D eigenvalue weighted by Gasteiger charge is 2.46. The molecular formula is C20H25NO4. The summed E-state index contributed by atoms with van der Waals surface area (Å²) in [5.41, 5.74) is 1.70. The number of Topliss-reactive ketones (excluding diaryl/α,β-unsaturated/α-hetero) is 1. The lowest BCUT2D eigenvalue weighted by molar-refractivity contribution is -0.134. The molecule has 1 heterocycles. The molecule has 0 aliphatic carbocycles. The Morgan fingerprint density at radius 3 is 2.36 bits per heavy atom. The van der Waals surface area contributed by atoms with Crippen LogP contribution in [0.1, 0.15) is 39.2 Å². The van der Waals surface area contributed by atoms with Crippen LogP contribution in [0, 0.1) is 6.92 Å². The SMILES string of the molecule is CCCC(=O)C1=C(O)/C(=C\C(=O)OC)N(c2ccc(C)cc2)C1(C)C. The highest BCUT2D eigenvalue weighted by Crippen LogP contribution is 2.44. The Kier molecular flexibility index (Phi) is 5.36. The minimum Gasteiger partial charge on any atom is -0.505 e. The molecule has 0 radical (unpaired) electrons. The van der Waals surface area contributed by atoms with Crippen molar-refractivity contribution in [3.8, 4) is 0 Å². The van der Waals surface area contributed by atoms with Gasteiger partial charge in [0.25, 0.3) is 0 Å². The second-order valence-corrected chi connectivity index (χ2v) is 6.68. The van der Waals surface area contributed by atoms with E-state index in [1.807, 2.05) is 56.9 Å². The molecule has 134 valence electrons. The average molecular weight is 343 g/mol. The van der Waals surface area contributed by atoms with Crippen molar-refractivity contribution in [2.24, 2.45) is 0 Å². The highest BCUT2D eigenvalue weighted by atomic mass is 16.5. The predicted octanol–water partition coefficient (Wildman–Crippen LogP) is 3.83. The van der Waals surface area contributed by atoms with Crippen molar-refractivity contribution in [1.29, 1.82) is 0 Å². The number of aliphatic hydroxyl groups excluding tert-OH is 1. The van der Waals surface area contributed by atoms with E-state index >= 15 is 0 Å². The summed E-state index contributed by atoms with van der Waals surface area (Å²) in [4.78, 5) is 26.2. The number of methoxy groups -OCH3 is 1. The van der Waals surface area contributed by atoms with Gasteiger partial charge in [-0.3, -0.25) is 4.79 Å². The van der Waals surface area contributed by atoms with E-state index in [4.69, 9.17) is 4.74 Å². The Morgan fingerprint density at radius 1 is 1.24 bits per heavy atom. The highest BCUT2D eigenvalue weighted by molar-refractivity contribution is 6.02. The number of carbonyl (C=O) groups excluding carboxylic acids is 2. The third-order valence-corrected chi connectivity index (χ3v) is 4.39. The van der Waals surface area contributed by atoms with E-state index in [2.05, 4.69) is 0 Å². The average Bonchev–Trinajstić information content (AvgIpc) is 2.74. The molecule has 0 spiro atoms. The molecule has 1 aromatic rings. The molecule has 5 heteroatoms. The molecule has 0 saturated carbocycles. The van der Waals surface area contributed by atoms with E-state index in [1.165, 1.54) is 13.2 Å². The van der Waals surface area contributed by atoms with E-state index in [0.29, 0.717) is 18.4 Å². The van der Waals surface area contributed by atoms with Crippen LogP contribution in [0.25, 0.3) is 0 Å². The van der Waals surface area contributed by atoms with Crippen molar-refractivity contribution in [3.63, 3.8) is 0 Å². The molecule has 0 aromatic heterocycles. The number of ether oxygens (including phenoxy) is 1. The molecule has 1 aliphatic rings. The molecule has 1 aliphatic heterocycles. The van der Waals surface area contributed by atoms with Gasteiger partial charge >= 0.3 is 5.97 Å². The molecular weight excluding hydrogens is 318 g/mol. The van der Waals surface area contributed by atoms with Crippen LogP contribution in [0.4, 0.5) is 5.69 Å². The van der Waals surface area contributed by atoms with E-state index in [0.717, 1.165) is 11.3 Å². The number of ketones is 1. The van der Waals surface area contributed by atoms with Gasteiger partial charge in [-0.1, -0.05) is 24.6 Å². The van der Waals surface area contributed by atoms with Crippen LogP contribution in [-0.2, 0) is 14.3 Å². The molecule has 2 rings (SSSR count). The summed E-state index contributed by atoms with van der Waals surface area (Å²) < 4.78 is 4.71. The summed E-state index contributed by atoms with van der Waals surface area (Å²) in [5, 5.41) is 10.8. The number of carbonyl (C=O) groups is 2. The Bertz CT molecular complexity index is 741. The fourth-order valence-corrected chi connectivity index (χ4v) is 3.22. The number of rotatable bonds is 5. The van der Waals surface area contributed by atoms with Gasteiger partial charge in [-0.05, 0) is 39.3 Å². The molecule has 0 unspecified atom stereocenters. The monoisotopic (exact) mass is 343 g/mol. The Balaban J connectivity index is 2.64. The number of hydrogen-bond acceptors (Lipinski definition) is 5. The Labute approximate surface area is 148 Å². The summed E-state index contributed by atoms with van der Waals surface area (Å²) in [6.07, 6.45) is 2.26. The zero-order chi connectivity index (χ0) is 18.8. The van der Waals surface area contributed by atoms with Crippen molar-refractivity contribution in [2.45, 2.75) is 46.1 Å². The second-order valence-electron chi connectivity index (χ2n) is 6.68. The van der Waals surface area contributed by atoms with Crippen molar-refractivity contribution >= 4 is 17.4 Å². The van der Waals surface area contributed by atoms with Crippen LogP contribution in [0.3, 0.4) is 0 Å². The molecule has 0 saturated heterocycles. The number of esters is 1. The first-order valence-corrected chi connectivity index (χ1v) is 8.37. The molecule has 0 bridgehead atoms. The van der Waals surface area contributed by atoms with Crippen LogP contribution in [0.15, 0.2) is 47.4 Å². The van der Waals surface area contributed by atoms with Crippen LogP contribution >= 0.6 is 0 Å². The van der Waals surface area contributed by atoms with Crippen LogP contribution < -0.4 is 4.90 Å². The maximum absolute atomic E-state index is 12.6. The fraction of sp³-hybridized carbons (Fsp3) is 0.400. The first kappa shape index (κ1) is 18.8. The van der Waals surface area contributed by atoms with Gasteiger partial charge < -0.3 is 14.7 Å². The number of nitrogens with zero attached hydrogens (tertiary/aromatic N) is 1. The summed E-state index contributed by atoms with van der Waals surface area (Å²) in [7, 11) is 1.28. The van der Waals surface area contributed by atoms with Gasteiger partial charge in [0.2, 0.25) is 0 Å². The molecule has 0 atom stereocenters. The van der Waals surface area contributed by atoms with Gasteiger partial charge in [-0.2, -0.15) is 0 Å². The Hall–Kier alpha value is -2.56. The molecule has 0 amide bonds. The van der Waals surface area contributed by atoms with Gasteiger partial charge in [0.1, 0.15) is 5.76 Å². The number of benzene rings is 1. The maximum Gasteiger partial charge on any atom is 0.332 e. The first-order valence-electron chi connectivity index (χ1n) is 8.37. The minimum atomic E-state index is -0.786. The molecule has 0 fully saturated rings. The van der Waals surface area contributed by atoms with Gasteiger partial charge in [0.05, 0.1) is 30.0 Å². The van der Waals surface area contributed by atoms with Gasteiger partial charge in [-0.15, -0.1) is 0 Å². The first-order chi connectivity index (χ1) is 11.7. The topological polar surface area (TPSA) is 66.8 Å². The smallest absolute Gasteiger partial charge is 0.332 e. The summed E-state index contributed by atoms with van der Waals surface area (Å²) >= 11 is 0. The van der Waals surface area contributed by atoms with Crippen molar-refractivity contribution < 1.29 is 19.4 Å². The van der Waals surface area contributed by atoms with Crippen molar-refractivity contribution in [1.82, 2.24) is 0 Å². The van der Waals surface area contributed by atoms with E-state index in [1.54, 1.807) is 0 Å². The summed E-state index contributed by atoms with van der Waals surface area (Å²) in [5.74, 6) is -0.858. The normalized spacial score (nSPS) is 18.0. The lowest BCUT2D eigenvalue weighted by atomic mass is 9.89. The number of aliphatic hydroxyl groups is 1. The quantitative estimate of drug-likeness (QED) is 0.650. The standard InChI is InChI=1S/C20H25NO4/c1-6-7-16(22)18-19(24)15(12-17(23)25-5)21(20(18,3)4)14-10-8-13(2)9-11-14/h8-12,24H,6-7H2,1-5H3/b15-12+. The van der Waals surface area contributed by atoms with Crippen LogP contribution in [0.5, 0.6) is 0 Å². The zero-order valence-electron chi connectivity index (χ0n) is 15.4. The van der Waals surface area contributed by atoms with Gasteiger partial charge in [-0.25, -0.2) is 4.79 Å². The van der Waals surface area contributed by atoms with E-state index < -0.39 is 11.5 Å². The number of aryl methyl sites for hydroxylation is 1. The molecule has 1 aromatic carbocycles. The second kappa shape index (κ2) is 7.13.